The lowest BCUT2D eigenvalue weighted by Crippen LogP contribution is -2.56. The first-order valence-electron chi connectivity index (χ1n) is 13.3. The van der Waals surface area contributed by atoms with Gasteiger partial charge in [-0.15, -0.1) is 0 Å². The smallest absolute Gasteiger partial charge is 0.274 e. The number of hydrogen-bond acceptors (Lipinski definition) is 8. The number of aromatic nitrogens is 2. The average molecular weight is 551 g/mol. The minimum Gasteiger partial charge on any atom is -0.448 e. The second-order valence-electron chi connectivity index (χ2n) is 10.1. The van der Waals surface area contributed by atoms with Gasteiger partial charge in [-0.3, -0.25) is 19.2 Å². The molecule has 0 saturated carbocycles. The summed E-state index contributed by atoms with van der Waals surface area (Å²) in [7, 11) is 0. The molecule has 0 saturated heterocycles. The third kappa shape index (κ3) is 7.13. The van der Waals surface area contributed by atoms with Gasteiger partial charge in [0.2, 0.25) is 17.7 Å². The van der Waals surface area contributed by atoms with E-state index in [0.717, 1.165) is 12.0 Å². The quantitative estimate of drug-likeness (QED) is 0.375. The van der Waals surface area contributed by atoms with Gasteiger partial charge >= 0.3 is 0 Å². The van der Waals surface area contributed by atoms with E-state index in [-0.39, 0.29) is 29.6 Å². The van der Waals surface area contributed by atoms with Crippen LogP contribution >= 0.6 is 0 Å². The summed E-state index contributed by atoms with van der Waals surface area (Å²) in [6.07, 6.45) is 4.12. The first-order valence-corrected chi connectivity index (χ1v) is 13.3. The van der Waals surface area contributed by atoms with E-state index in [2.05, 4.69) is 31.2 Å². The van der Waals surface area contributed by atoms with Gasteiger partial charge in [-0.2, -0.15) is 0 Å². The molecule has 4 amide bonds. The van der Waals surface area contributed by atoms with Gasteiger partial charge in [0.25, 0.3) is 11.8 Å². The molecule has 4 N–H and O–H groups in total. The summed E-state index contributed by atoms with van der Waals surface area (Å²) in [5.74, 6) is -1.68. The summed E-state index contributed by atoms with van der Waals surface area (Å²) in [4.78, 5) is 60.8. The number of benzene rings is 1. The highest BCUT2D eigenvalue weighted by Gasteiger charge is 2.32. The number of amides is 4. The van der Waals surface area contributed by atoms with Crippen LogP contribution in [-0.4, -0.2) is 52.2 Å². The Bertz CT molecular complexity index is 1330. The van der Waals surface area contributed by atoms with Crippen LogP contribution in [0.15, 0.2) is 51.8 Å². The molecule has 0 unspecified atom stereocenters. The lowest BCUT2D eigenvalue weighted by molar-refractivity contribution is -0.131. The molecule has 0 spiro atoms. The first kappa shape index (κ1) is 28.5. The van der Waals surface area contributed by atoms with Crippen molar-refractivity contribution < 1.29 is 28.0 Å². The Labute approximate surface area is 231 Å². The number of hydrogen-bond donors (Lipinski definition) is 4. The van der Waals surface area contributed by atoms with E-state index in [1.165, 1.54) is 6.26 Å². The van der Waals surface area contributed by atoms with Crippen molar-refractivity contribution >= 4 is 23.6 Å². The van der Waals surface area contributed by atoms with Crippen LogP contribution in [0.1, 0.15) is 77.3 Å². The topological polar surface area (TPSA) is 168 Å². The monoisotopic (exact) mass is 550 g/mol. The zero-order valence-corrected chi connectivity index (χ0v) is 22.7. The maximum Gasteiger partial charge on any atom is 0.274 e. The minimum atomic E-state index is -0.937. The van der Waals surface area contributed by atoms with Crippen molar-refractivity contribution in [3.8, 4) is 0 Å². The molecular weight excluding hydrogens is 516 g/mol. The van der Waals surface area contributed by atoms with E-state index in [1.807, 2.05) is 44.2 Å². The molecule has 1 aliphatic rings. The Kier molecular flexibility index (Phi) is 9.31. The highest BCUT2D eigenvalue weighted by molar-refractivity contribution is 5.97. The second-order valence-corrected chi connectivity index (χ2v) is 10.1. The SMILES string of the molecule is Cc1ocnc1C(=O)N[C@H]1CCCCNC(=O)c2coc(n2)[C@@H](Cc2ccccc2)NC(=O)[C@H](C(C)C)NC1=O. The molecule has 0 aliphatic carbocycles. The Morgan fingerprint density at radius 2 is 1.85 bits per heavy atom. The van der Waals surface area contributed by atoms with Gasteiger partial charge in [0.15, 0.2) is 17.8 Å². The number of carbonyl (C=O) groups is 4. The Morgan fingerprint density at radius 1 is 1.07 bits per heavy atom. The van der Waals surface area contributed by atoms with Gasteiger partial charge in [-0.05, 0) is 37.7 Å². The van der Waals surface area contributed by atoms with Crippen molar-refractivity contribution in [1.29, 1.82) is 0 Å². The van der Waals surface area contributed by atoms with Crippen molar-refractivity contribution in [2.45, 2.75) is 64.6 Å². The normalized spacial score (nSPS) is 20.9. The van der Waals surface area contributed by atoms with E-state index < -0.39 is 41.8 Å². The third-order valence-electron chi connectivity index (χ3n) is 6.69. The molecule has 212 valence electrons. The van der Waals surface area contributed by atoms with Gasteiger partial charge in [0.05, 0.1) is 0 Å². The van der Waals surface area contributed by atoms with Gasteiger partial charge in [0, 0.05) is 13.0 Å². The van der Waals surface area contributed by atoms with Crippen molar-refractivity contribution in [3.63, 3.8) is 0 Å². The zero-order valence-electron chi connectivity index (χ0n) is 22.7. The molecule has 3 aromatic rings. The Morgan fingerprint density at radius 3 is 2.55 bits per heavy atom. The van der Waals surface area contributed by atoms with E-state index in [0.29, 0.717) is 31.6 Å². The van der Waals surface area contributed by atoms with Crippen LogP contribution in [0.2, 0.25) is 0 Å². The van der Waals surface area contributed by atoms with Crippen molar-refractivity contribution in [1.82, 2.24) is 31.2 Å². The van der Waals surface area contributed by atoms with Crippen LogP contribution in [0, 0.1) is 12.8 Å². The van der Waals surface area contributed by atoms with E-state index >= 15 is 0 Å². The maximum absolute atomic E-state index is 13.6. The molecule has 4 rings (SSSR count). The molecule has 3 heterocycles. The van der Waals surface area contributed by atoms with Gasteiger partial charge in [-0.1, -0.05) is 44.2 Å². The average Bonchev–Trinajstić information content (AvgIpc) is 3.59. The highest BCUT2D eigenvalue weighted by atomic mass is 16.3. The Balaban J connectivity index is 1.60. The molecule has 1 aliphatic heterocycles. The zero-order chi connectivity index (χ0) is 28.6. The van der Waals surface area contributed by atoms with Gasteiger partial charge in [0.1, 0.15) is 30.1 Å². The van der Waals surface area contributed by atoms with Crippen LogP contribution < -0.4 is 21.3 Å². The fourth-order valence-corrected chi connectivity index (χ4v) is 4.44. The number of fused-ring (bicyclic) bond motifs is 2. The fraction of sp³-hybridized carbons (Fsp3) is 0.429. The molecule has 1 aromatic carbocycles. The summed E-state index contributed by atoms with van der Waals surface area (Å²) < 4.78 is 10.8. The van der Waals surface area contributed by atoms with Crippen LogP contribution in [-0.2, 0) is 16.0 Å². The second kappa shape index (κ2) is 13.0. The third-order valence-corrected chi connectivity index (χ3v) is 6.69. The van der Waals surface area contributed by atoms with Gasteiger partial charge in [-0.25, -0.2) is 9.97 Å². The highest BCUT2D eigenvalue weighted by Crippen LogP contribution is 2.20. The van der Waals surface area contributed by atoms with Crippen molar-refractivity contribution in [2.75, 3.05) is 6.54 Å². The van der Waals surface area contributed by atoms with E-state index in [9.17, 15) is 19.2 Å². The van der Waals surface area contributed by atoms with Gasteiger partial charge < -0.3 is 30.1 Å². The van der Waals surface area contributed by atoms with Crippen molar-refractivity contribution in [2.24, 2.45) is 5.92 Å². The summed E-state index contributed by atoms with van der Waals surface area (Å²) in [6, 6.07) is 6.92. The molecule has 2 aromatic heterocycles. The number of oxazole rings is 2. The largest absolute Gasteiger partial charge is 0.448 e. The molecule has 12 heteroatoms. The van der Waals surface area contributed by atoms with Crippen LogP contribution in [0.4, 0.5) is 0 Å². The summed E-state index contributed by atoms with van der Waals surface area (Å²) in [5, 5.41) is 11.3. The lowest BCUT2D eigenvalue weighted by Gasteiger charge is -2.27. The van der Waals surface area contributed by atoms with Crippen molar-refractivity contribution in [3.05, 3.63) is 71.6 Å². The summed E-state index contributed by atoms with van der Waals surface area (Å²) in [6.45, 7) is 5.57. The van der Waals surface area contributed by atoms with E-state index in [1.54, 1.807) is 6.92 Å². The molecular formula is C28H34N6O6. The molecule has 0 radical (unpaired) electrons. The minimum absolute atomic E-state index is 0.0821. The van der Waals surface area contributed by atoms with Crippen LogP contribution in [0.25, 0.3) is 0 Å². The standard InChI is InChI=1S/C28H34N6O6/c1-16(2)22-26(37)32-20(13-18-9-5-4-6-10-18)28-33-21(14-39-28)24(35)29-12-8-7-11-19(25(36)34-22)31-27(38)23-17(3)40-15-30-23/h4-6,9-10,14-16,19-20,22H,7-8,11-13H2,1-3H3,(H,29,35)(H,31,38)(H,32,37)(H,34,36)/t19-,20+,22-/m0/s1. The molecule has 3 atom stereocenters. The number of carbonyl (C=O) groups excluding carboxylic acids is 4. The number of nitrogens with zero attached hydrogens (tertiary/aromatic N) is 2. The molecule has 2 bridgehead atoms. The number of aryl methyl sites for hydroxylation is 1. The molecule has 40 heavy (non-hydrogen) atoms. The number of nitrogens with one attached hydrogen (secondary N) is 4. The molecule has 0 fully saturated rings. The fourth-order valence-electron chi connectivity index (χ4n) is 4.44. The predicted molar refractivity (Wildman–Crippen MR) is 143 cm³/mol. The Hall–Kier alpha value is -4.48. The first-order chi connectivity index (χ1) is 19.2. The summed E-state index contributed by atoms with van der Waals surface area (Å²) in [5.41, 5.74) is 1.11. The summed E-state index contributed by atoms with van der Waals surface area (Å²) >= 11 is 0. The van der Waals surface area contributed by atoms with E-state index in [4.69, 9.17) is 8.83 Å². The van der Waals surface area contributed by atoms with Crippen LogP contribution in [0.5, 0.6) is 0 Å². The lowest BCUT2D eigenvalue weighted by atomic mass is 10.00. The number of rotatable bonds is 5. The predicted octanol–water partition coefficient (Wildman–Crippen LogP) is 2.22. The molecule has 12 nitrogen and oxygen atoms in total. The maximum atomic E-state index is 13.6. The van der Waals surface area contributed by atoms with Crippen LogP contribution in [0.3, 0.4) is 0 Å².